The van der Waals surface area contributed by atoms with Crippen molar-refractivity contribution in [3.63, 3.8) is 0 Å². The van der Waals surface area contributed by atoms with Crippen molar-refractivity contribution >= 4 is 11.3 Å². The first-order valence-electron chi connectivity index (χ1n) is 8.76. The van der Waals surface area contributed by atoms with Crippen LogP contribution in [0.15, 0.2) is 47.8 Å². The summed E-state index contributed by atoms with van der Waals surface area (Å²) < 4.78 is 1.99. The first-order valence-corrected chi connectivity index (χ1v) is 9.64. The maximum absolute atomic E-state index is 4.33. The summed E-state index contributed by atoms with van der Waals surface area (Å²) in [6.45, 7) is 9.28. The maximum atomic E-state index is 4.33. The fourth-order valence-electron chi connectivity index (χ4n) is 2.89. The Morgan fingerprint density at radius 2 is 1.84 bits per heavy atom. The molecule has 0 bridgehead atoms. The molecule has 132 valence electrons. The van der Waals surface area contributed by atoms with E-state index in [4.69, 9.17) is 0 Å². The van der Waals surface area contributed by atoms with Crippen molar-refractivity contribution in [2.24, 2.45) is 0 Å². The molecule has 3 aromatic rings. The van der Waals surface area contributed by atoms with E-state index < -0.39 is 0 Å². The molecule has 0 amide bonds. The van der Waals surface area contributed by atoms with E-state index in [0.29, 0.717) is 0 Å². The third-order valence-corrected chi connectivity index (χ3v) is 5.56. The lowest BCUT2D eigenvalue weighted by atomic mass is 10.0. The smallest absolute Gasteiger partial charge is 0.206 e. The molecule has 3 rings (SSSR count). The molecule has 1 atom stereocenters. The second-order valence-electron chi connectivity index (χ2n) is 7.02. The van der Waals surface area contributed by atoms with Gasteiger partial charge in [0.25, 0.3) is 0 Å². The topological polar surface area (TPSA) is 48.0 Å². The van der Waals surface area contributed by atoms with Crippen molar-refractivity contribution in [3.05, 3.63) is 64.1 Å². The summed E-state index contributed by atoms with van der Waals surface area (Å²) in [5, 5.41) is 14.7. The molecular weight excluding hydrogens is 330 g/mol. The van der Waals surface area contributed by atoms with E-state index in [2.05, 4.69) is 84.1 Å². The molecule has 0 saturated heterocycles. The zero-order valence-corrected chi connectivity index (χ0v) is 16.0. The molecule has 0 spiro atoms. The van der Waals surface area contributed by atoms with Gasteiger partial charge in [-0.1, -0.05) is 43.3 Å². The fraction of sp³-hybridized carbons (Fsp3) is 0.421. The van der Waals surface area contributed by atoms with Gasteiger partial charge in [0, 0.05) is 5.56 Å². The lowest BCUT2D eigenvalue weighted by molar-refractivity contribution is -0.941. The predicted octanol–water partition coefficient (Wildman–Crippen LogP) is 2.67. The van der Waals surface area contributed by atoms with Crippen LogP contribution >= 0.6 is 11.3 Å². The number of rotatable bonds is 8. The third kappa shape index (κ3) is 4.52. The molecule has 1 aromatic carbocycles. The average Bonchev–Trinajstić information content (AvgIpc) is 3.28. The van der Waals surface area contributed by atoms with E-state index >= 15 is 0 Å². The Morgan fingerprint density at radius 1 is 1.04 bits per heavy atom. The highest BCUT2D eigenvalue weighted by Gasteiger charge is 2.26. The van der Waals surface area contributed by atoms with Gasteiger partial charge in [-0.25, -0.2) is 4.68 Å². The molecule has 0 radical (unpaired) electrons. The predicted molar refractivity (Wildman–Crippen MR) is 100 cm³/mol. The summed E-state index contributed by atoms with van der Waals surface area (Å²) in [4.78, 5) is 2.83. The monoisotopic (exact) mass is 356 g/mol. The van der Waals surface area contributed by atoms with Crippen molar-refractivity contribution < 1.29 is 4.90 Å². The first-order chi connectivity index (χ1) is 12.1. The van der Waals surface area contributed by atoms with Crippen LogP contribution in [0.4, 0.5) is 0 Å². The van der Waals surface area contributed by atoms with Crippen molar-refractivity contribution in [2.45, 2.75) is 52.4 Å². The van der Waals surface area contributed by atoms with Crippen molar-refractivity contribution in [3.8, 4) is 0 Å². The quantitative estimate of drug-likeness (QED) is 0.675. The van der Waals surface area contributed by atoms with Gasteiger partial charge in [-0.05, 0) is 42.1 Å². The number of benzene rings is 1. The van der Waals surface area contributed by atoms with Gasteiger partial charge in [0.05, 0.1) is 10.4 Å². The van der Waals surface area contributed by atoms with Gasteiger partial charge >= 0.3 is 0 Å². The SMILES string of the molecule is CCC(C)(C)n1nnnc1C[NH+](Cc1ccccc1)Cc1cccs1. The number of nitrogens with zero attached hydrogens (tertiary/aromatic N) is 4. The number of hydrogen-bond acceptors (Lipinski definition) is 4. The molecule has 5 nitrogen and oxygen atoms in total. The van der Waals surface area contributed by atoms with Crippen molar-refractivity contribution in [2.75, 3.05) is 0 Å². The number of quaternary nitrogens is 1. The summed E-state index contributed by atoms with van der Waals surface area (Å²) in [5.74, 6) is 0.953. The van der Waals surface area contributed by atoms with E-state index in [-0.39, 0.29) is 5.54 Å². The van der Waals surface area contributed by atoms with Gasteiger partial charge in [-0.2, -0.15) is 0 Å². The lowest BCUT2D eigenvalue weighted by Gasteiger charge is -2.25. The number of nitrogens with one attached hydrogen (secondary N) is 1. The van der Waals surface area contributed by atoms with E-state index in [0.717, 1.165) is 31.9 Å². The molecule has 0 aliphatic rings. The van der Waals surface area contributed by atoms with E-state index in [1.54, 1.807) is 0 Å². The van der Waals surface area contributed by atoms with Crippen LogP contribution in [0.5, 0.6) is 0 Å². The zero-order valence-electron chi connectivity index (χ0n) is 15.1. The molecule has 2 heterocycles. The van der Waals surface area contributed by atoms with Gasteiger partial charge in [-0.3, -0.25) is 0 Å². The first kappa shape index (κ1) is 17.8. The molecule has 1 unspecified atom stereocenters. The Balaban J connectivity index is 1.81. The average molecular weight is 357 g/mol. The normalized spacial score (nSPS) is 13.1. The van der Waals surface area contributed by atoms with Gasteiger partial charge < -0.3 is 4.90 Å². The number of thiophene rings is 1. The lowest BCUT2D eigenvalue weighted by Crippen LogP contribution is -3.08. The van der Waals surface area contributed by atoms with Crippen molar-refractivity contribution in [1.29, 1.82) is 0 Å². The molecule has 2 aromatic heterocycles. The Labute approximate surface area is 153 Å². The van der Waals surface area contributed by atoms with Crippen LogP contribution in [0.3, 0.4) is 0 Å². The molecule has 0 saturated carbocycles. The standard InChI is InChI=1S/C19H25N5S/c1-4-19(2,3)24-18(20-21-22-24)15-23(14-17-11-8-12-25-17)13-16-9-6-5-7-10-16/h5-12H,4,13-15H2,1-3H3/p+1. The van der Waals surface area contributed by atoms with Crippen LogP contribution in [-0.4, -0.2) is 20.2 Å². The van der Waals surface area contributed by atoms with Gasteiger partial charge in [-0.15, -0.1) is 16.4 Å². The van der Waals surface area contributed by atoms with Gasteiger partial charge in [0.15, 0.2) is 0 Å². The minimum atomic E-state index is -0.0698. The number of tetrazole rings is 1. The van der Waals surface area contributed by atoms with Crippen LogP contribution in [-0.2, 0) is 25.2 Å². The van der Waals surface area contributed by atoms with Gasteiger partial charge in [0.1, 0.15) is 19.6 Å². The Bertz CT molecular complexity index is 764. The minimum absolute atomic E-state index is 0.0698. The second-order valence-corrected chi connectivity index (χ2v) is 8.05. The van der Waals surface area contributed by atoms with Crippen LogP contribution < -0.4 is 4.90 Å². The Morgan fingerprint density at radius 3 is 2.52 bits per heavy atom. The third-order valence-electron chi connectivity index (χ3n) is 4.68. The zero-order chi connectivity index (χ0) is 17.7. The Hall–Kier alpha value is -2.05. The van der Waals surface area contributed by atoms with Crippen molar-refractivity contribution in [1.82, 2.24) is 20.2 Å². The second kappa shape index (κ2) is 7.89. The molecule has 0 aliphatic heterocycles. The summed E-state index contributed by atoms with van der Waals surface area (Å²) in [6, 6.07) is 15.0. The highest BCUT2D eigenvalue weighted by Crippen LogP contribution is 2.18. The molecule has 0 aliphatic carbocycles. The number of hydrogen-bond donors (Lipinski definition) is 1. The highest BCUT2D eigenvalue weighted by atomic mass is 32.1. The number of aromatic nitrogens is 4. The Kier molecular flexibility index (Phi) is 5.60. The van der Waals surface area contributed by atoms with Crippen LogP contribution in [0.25, 0.3) is 0 Å². The van der Waals surface area contributed by atoms with E-state index in [1.165, 1.54) is 15.3 Å². The van der Waals surface area contributed by atoms with Crippen LogP contribution in [0.2, 0.25) is 0 Å². The molecule has 0 fully saturated rings. The molecular formula is C19H26N5S+. The fourth-order valence-corrected chi connectivity index (χ4v) is 3.67. The maximum Gasteiger partial charge on any atom is 0.206 e. The highest BCUT2D eigenvalue weighted by molar-refractivity contribution is 7.09. The summed E-state index contributed by atoms with van der Waals surface area (Å²) >= 11 is 1.81. The molecule has 25 heavy (non-hydrogen) atoms. The summed E-state index contributed by atoms with van der Waals surface area (Å²) in [6.07, 6.45) is 0.990. The van der Waals surface area contributed by atoms with Crippen LogP contribution in [0.1, 0.15) is 43.5 Å². The minimum Gasteiger partial charge on any atom is -0.320 e. The van der Waals surface area contributed by atoms with E-state index in [9.17, 15) is 0 Å². The molecule has 1 N–H and O–H groups in total. The summed E-state index contributed by atoms with van der Waals surface area (Å²) in [5.41, 5.74) is 1.27. The van der Waals surface area contributed by atoms with E-state index in [1.807, 2.05) is 16.0 Å². The van der Waals surface area contributed by atoms with Gasteiger partial charge in [0.2, 0.25) is 5.82 Å². The van der Waals surface area contributed by atoms with Crippen LogP contribution in [0, 0.1) is 0 Å². The largest absolute Gasteiger partial charge is 0.320 e. The summed E-state index contributed by atoms with van der Waals surface area (Å²) in [7, 11) is 0. The molecule has 6 heteroatoms.